The molecule has 1 fully saturated rings. The second-order valence-corrected chi connectivity index (χ2v) is 4.77. The van der Waals surface area contributed by atoms with Crippen LogP contribution in [0, 0.1) is 5.92 Å². The molecule has 0 aromatic heterocycles. The van der Waals surface area contributed by atoms with Gasteiger partial charge in [-0.25, -0.2) is 0 Å². The minimum Gasteiger partial charge on any atom is -0.383 e. The van der Waals surface area contributed by atoms with Crippen LogP contribution in [0.15, 0.2) is 0 Å². The Morgan fingerprint density at radius 2 is 1.80 bits per heavy atom. The molecule has 1 heterocycles. The number of hydrogen-bond acceptors (Lipinski definition) is 3. The van der Waals surface area contributed by atoms with Gasteiger partial charge >= 0.3 is 0 Å². The Labute approximate surface area is 91.9 Å². The first-order valence-electron chi connectivity index (χ1n) is 5.66. The summed E-state index contributed by atoms with van der Waals surface area (Å²) < 4.78 is 0. The maximum absolute atomic E-state index is 11.8. The van der Waals surface area contributed by atoms with Crippen molar-refractivity contribution in [2.24, 2.45) is 5.92 Å². The van der Waals surface area contributed by atoms with Gasteiger partial charge in [-0.05, 0) is 19.4 Å². The molecule has 4 heteroatoms. The maximum Gasteiger partial charge on any atom is 0.251 e. The zero-order valence-electron chi connectivity index (χ0n) is 9.94. The van der Waals surface area contributed by atoms with Crippen molar-refractivity contribution >= 4 is 5.91 Å². The van der Waals surface area contributed by atoms with Crippen molar-refractivity contribution in [3.8, 4) is 0 Å². The van der Waals surface area contributed by atoms with E-state index in [1.807, 2.05) is 20.9 Å². The zero-order chi connectivity index (χ0) is 11.4. The highest BCUT2D eigenvalue weighted by Crippen LogP contribution is 2.09. The molecule has 0 saturated carbocycles. The van der Waals surface area contributed by atoms with Crippen molar-refractivity contribution in [3.05, 3.63) is 0 Å². The fourth-order valence-electron chi connectivity index (χ4n) is 1.78. The standard InChI is InChI=1S/C11H22N2O2/c1-9(2)8-10(14)11(15)13-6-4-12(3)5-7-13/h9-10,14H,4-8H2,1-3H3. The van der Waals surface area contributed by atoms with Crippen molar-refractivity contribution in [2.75, 3.05) is 33.2 Å². The van der Waals surface area contributed by atoms with Gasteiger partial charge in [0.15, 0.2) is 0 Å². The molecule has 0 aromatic carbocycles. The predicted molar refractivity (Wildman–Crippen MR) is 59.5 cm³/mol. The second-order valence-electron chi connectivity index (χ2n) is 4.77. The molecule has 1 atom stereocenters. The van der Waals surface area contributed by atoms with Crippen molar-refractivity contribution in [2.45, 2.75) is 26.4 Å². The van der Waals surface area contributed by atoms with Crippen molar-refractivity contribution in [3.63, 3.8) is 0 Å². The molecule has 1 rings (SSSR count). The number of piperazine rings is 1. The fourth-order valence-corrected chi connectivity index (χ4v) is 1.78. The summed E-state index contributed by atoms with van der Waals surface area (Å²) in [5.74, 6) is 0.258. The minimum atomic E-state index is -0.812. The molecule has 1 N–H and O–H groups in total. The SMILES string of the molecule is CC(C)CC(O)C(=O)N1CCN(C)CC1. The van der Waals surface area contributed by atoms with Crippen LogP contribution in [-0.2, 0) is 4.79 Å². The van der Waals surface area contributed by atoms with Gasteiger partial charge in [-0.1, -0.05) is 13.8 Å². The Morgan fingerprint density at radius 3 is 2.27 bits per heavy atom. The summed E-state index contributed by atoms with van der Waals surface area (Å²) in [6.45, 7) is 7.32. The molecule has 0 bridgehead atoms. The predicted octanol–water partition coefficient (Wildman–Crippen LogP) is 0.167. The normalized spacial score (nSPS) is 20.7. The van der Waals surface area contributed by atoms with Gasteiger partial charge in [-0.2, -0.15) is 0 Å². The molecule has 1 aliphatic rings. The Morgan fingerprint density at radius 1 is 1.27 bits per heavy atom. The third-order valence-corrected chi connectivity index (χ3v) is 2.79. The van der Waals surface area contributed by atoms with E-state index in [4.69, 9.17) is 0 Å². The number of aliphatic hydroxyl groups is 1. The molecule has 1 unspecified atom stereocenters. The summed E-state index contributed by atoms with van der Waals surface area (Å²) in [6, 6.07) is 0. The largest absolute Gasteiger partial charge is 0.383 e. The number of amides is 1. The van der Waals surface area contributed by atoms with E-state index in [1.54, 1.807) is 4.90 Å². The van der Waals surface area contributed by atoms with Crippen LogP contribution in [-0.4, -0.2) is 60.1 Å². The second kappa shape index (κ2) is 5.47. The van der Waals surface area contributed by atoms with Gasteiger partial charge < -0.3 is 14.9 Å². The average Bonchev–Trinajstić information content (AvgIpc) is 2.17. The molecule has 0 aromatic rings. The van der Waals surface area contributed by atoms with E-state index in [1.165, 1.54) is 0 Å². The summed E-state index contributed by atoms with van der Waals surface area (Å²) in [4.78, 5) is 15.8. The quantitative estimate of drug-likeness (QED) is 0.728. The first-order valence-corrected chi connectivity index (χ1v) is 5.66. The molecule has 1 saturated heterocycles. The van der Waals surface area contributed by atoms with Crippen molar-refractivity contribution in [1.29, 1.82) is 0 Å². The first kappa shape index (κ1) is 12.5. The van der Waals surface area contributed by atoms with E-state index in [-0.39, 0.29) is 5.91 Å². The van der Waals surface area contributed by atoms with Crippen LogP contribution < -0.4 is 0 Å². The topological polar surface area (TPSA) is 43.8 Å². The number of carbonyl (C=O) groups excluding carboxylic acids is 1. The van der Waals surface area contributed by atoms with Gasteiger partial charge in [0.2, 0.25) is 0 Å². The van der Waals surface area contributed by atoms with E-state index in [9.17, 15) is 9.90 Å². The third kappa shape index (κ3) is 3.80. The number of nitrogens with zero attached hydrogens (tertiary/aromatic N) is 2. The number of carbonyl (C=O) groups is 1. The molecular formula is C11H22N2O2. The minimum absolute atomic E-state index is 0.100. The molecule has 1 aliphatic heterocycles. The molecule has 1 amide bonds. The van der Waals surface area contributed by atoms with Crippen LogP contribution in [0.3, 0.4) is 0 Å². The third-order valence-electron chi connectivity index (χ3n) is 2.79. The van der Waals surface area contributed by atoms with Gasteiger partial charge in [0.1, 0.15) is 6.10 Å². The maximum atomic E-state index is 11.8. The smallest absolute Gasteiger partial charge is 0.251 e. The average molecular weight is 214 g/mol. The first-order chi connectivity index (χ1) is 7.00. The number of hydrogen-bond donors (Lipinski definition) is 1. The molecule has 0 spiro atoms. The lowest BCUT2D eigenvalue weighted by Gasteiger charge is -2.33. The molecule has 4 nitrogen and oxygen atoms in total. The monoisotopic (exact) mass is 214 g/mol. The summed E-state index contributed by atoms with van der Waals surface area (Å²) in [7, 11) is 2.05. The summed E-state index contributed by atoms with van der Waals surface area (Å²) in [5.41, 5.74) is 0. The van der Waals surface area contributed by atoms with Crippen LogP contribution in [0.1, 0.15) is 20.3 Å². The molecular weight excluding hydrogens is 192 g/mol. The van der Waals surface area contributed by atoms with Crippen LogP contribution >= 0.6 is 0 Å². The van der Waals surface area contributed by atoms with Crippen LogP contribution in [0.2, 0.25) is 0 Å². The van der Waals surface area contributed by atoms with Gasteiger partial charge in [0, 0.05) is 26.2 Å². The van der Waals surface area contributed by atoms with E-state index in [0.717, 1.165) is 26.2 Å². The zero-order valence-corrected chi connectivity index (χ0v) is 9.94. The van der Waals surface area contributed by atoms with Crippen LogP contribution in [0.5, 0.6) is 0 Å². The lowest BCUT2D eigenvalue weighted by atomic mass is 10.0. The van der Waals surface area contributed by atoms with Crippen LogP contribution in [0.4, 0.5) is 0 Å². The highest BCUT2D eigenvalue weighted by molar-refractivity contribution is 5.80. The number of likely N-dealkylation sites (N-methyl/N-ethyl adjacent to an activating group) is 1. The van der Waals surface area contributed by atoms with Crippen LogP contribution in [0.25, 0.3) is 0 Å². The van der Waals surface area contributed by atoms with Gasteiger partial charge in [0.25, 0.3) is 5.91 Å². The summed E-state index contributed by atoms with van der Waals surface area (Å²) >= 11 is 0. The van der Waals surface area contributed by atoms with Crippen molar-refractivity contribution < 1.29 is 9.90 Å². The van der Waals surface area contributed by atoms with E-state index in [0.29, 0.717) is 12.3 Å². The Bertz CT molecular complexity index is 211. The lowest BCUT2D eigenvalue weighted by Crippen LogP contribution is -2.50. The van der Waals surface area contributed by atoms with Gasteiger partial charge in [-0.15, -0.1) is 0 Å². The molecule has 15 heavy (non-hydrogen) atoms. The Kier molecular flexibility index (Phi) is 4.54. The summed E-state index contributed by atoms with van der Waals surface area (Å²) in [6.07, 6.45) is -0.251. The highest BCUT2D eigenvalue weighted by atomic mass is 16.3. The lowest BCUT2D eigenvalue weighted by molar-refractivity contribution is -0.142. The Hall–Kier alpha value is -0.610. The van der Waals surface area contributed by atoms with Crippen molar-refractivity contribution in [1.82, 2.24) is 9.80 Å². The molecule has 0 aliphatic carbocycles. The van der Waals surface area contributed by atoms with Gasteiger partial charge in [0.05, 0.1) is 0 Å². The van der Waals surface area contributed by atoms with E-state index >= 15 is 0 Å². The number of aliphatic hydroxyl groups excluding tert-OH is 1. The number of rotatable bonds is 3. The van der Waals surface area contributed by atoms with Gasteiger partial charge in [-0.3, -0.25) is 4.79 Å². The van der Waals surface area contributed by atoms with E-state index in [2.05, 4.69) is 4.90 Å². The molecule has 0 radical (unpaired) electrons. The fraction of sp³-hybridized carbons (Fsp3) is 0.909. The highest BCUT2D eigenvalue weighted by Gasteiger charge is 2.25. The Balaban J connectivity index is 2.39. The summed E-state index contributed by atoms with van der Waals surface area (Å²) in [5, 5.41) is 9.70. The molecule has 88 valence electrons. The van der Waals surface area contributed by atoms with E-state index < -0.39 is 6.10 Å².